The molecule has 0 bridgehead atoms. The van der Waals surface area contributed by atoms with Gasteiger partial charge in [-0.05, 0) is 55.7 Å². The minimum Gasteiger partial charge on any atom is -0.496 e. The van der Waals surface area contributed by atoms with Crippen molar-refractivity contribution in [2.75, 3.05) is 26.7 Å². The molecule has 1 atom stereocenters. The molecule has 1 aliphatic heterocycles. The first-order valence-corrected chi connectivity index (χ1v) is 8.97. The lowest BCUT2D eigenvalue weighted by atomic mass is 10.0. The molecule has 3 rings (SSSR count). The summed E-state index contributed by atoms with van der Waals surface area (Å²) in [4.78, 5) is 14.7. The average molecular weight is 363 g/mol. The normalized spacial score (nSPS) is 16.4. The number of carbonyl (C=O) groups excluding carboxylic acids is 1. The number of amides is 1. The van der Waals surface area contributed by atoms with Crippen LogP contribution in [-0.4, -0.2) is 37.6 Å². The van der Waals surface area contributed by atoms with E-state index in [4.69, 9.17) is 20.8 Å². The van der Waals surface area contributed by atoms with E-state index >= 15 is 0 Å². The van der Waals surface area contributed by atoms with E-state index in [9.17, 15) is 4.79 Å². The second-order valence-corrected chi connectivity index (χ2v) is 6.54. The number of nitrogens with one attached hydrogen (secondary N) is 1. The number of furan rings is 1. The molecule has 1 aromatic carbocycles. The van der Waals surface area contributed by atoms with Crippen molar-refractivity contribution in [2.45, 2.75) is 25.3 Å². The van der Waals surface area contributed by atoms with Crippen molar-refractivity contribution in [3.05, 3.63) is 52.9 Å². The molecule has 2 heterocycles. The molecule has 6 heteroatoms. The average Bonchev–Trinajstić information content (AvgIpc) is 3.09. The van der Waals surface area contributed by atoms with Crippen LogP contribution in [0.25, 0.3) is 0 Å². The Labute approximate surface area is 152 Å². The van der Waals surface area contributed by atoms with E-state index in [1.807, 2.05) is 18.2 Å². The van der Waals surface area contributed by atoms with E-state index in [2.05, 4.69) is 16.3 Å². The van der Waals surface area contributed by atoms with E-state index in [-0.39, 0.29) is 22.9 Å². The molecular formula is C19H23ClN2O3. The van der Waals surface area contributed by atoms with E-state index in [0.29, 0.717) is 6.54 Å². The molecule has 1 N–H and O–H groups in total. The molecule has 134 valence electrons. The molecular weight excluding hydrogens is 340 g/mol. The van der Waals surface area contributed by atoms with Gasteiger partial charge in [0.15, 0.2) is 11.0 Å². The van der Waals surface area contributed by atoms with Crippen molar-refractivity contribution in [2.24, 2.45) is 0 Å². The topological polar surface area (TPSA) is 54.7 Å². The Morgan fingerprint density at radius 2 is 2.00 bits per heavy atom. The largest absolute Gasteiger partial charge is 0.496 e. The van der Waals surface area contributed by atoms with Crippen molar-refractivity contribution in [3.8, 4) is 5.75 Å². The van der Waals surface area contributed by atoms with Crippen LogP contribution in [0.5, 0.6) is 5.75 Å². The Balaban J connectivity index is 1.77. The Morgan fingerprint density at radius 1 is 1.24 bits per heavy atom. The highest BCUT2D eigenvalue weighted by atomic mass is 35.5. The van der Waals surface area contributed by atoms with Crippen LogP contribution in [0.3, 0.4) is 0 Å². The number of rotatable bonds is 6. The summed E-state index contributed by atoms with van der Waals surface area (Å²) in [5, 5.41) is 3.18. The van der Waals surface area contributed by atoms with E-state index in [1.165, 1.54) is 19.3 Å². The third-order valence-corrected chi connectivity index (χ3v) is 4.79. The number of likely N-dealkylation sites (tertiary alicyclic amines) is 1. The molecule has 0 spiro atoms. The second-order valence-electron chi connectivity index (χ2n) is 6.17. The zero-order chi connectivity index (χ0) is 17.6. The SMILES string of the molecule is COc1ccccc1C(CNC(=O)c1ccc(Cl)o1)N1CCCCC1. The van der Waals surface area contributed by atoms with Crippen LogP contribution in [0.4, 0.5) is 0 Å². The Hall–Kier alpha value is -1.98. The third-order valence-electron chi connectivity index (χ3n) is 4.58. The lowest BCUT2D eigenvalue weighted by Gasteiger charge is -2.35. The Bertz CT molecular complexity index is 710. The second kappa shape index (κ2) is 8.41. The minimum atomic E-state index is -0.260. The summed E-state index contributed by atoms with van der Waals surface area (Å²) < 4.78 is 10.7. The standard InChI is InChI=1S/C19H23ClN2O3/c1-24-16-8-4-3-7-14(16)15(22-11-5-2-6-12-22)13-21-19(23)17-9-10-18(20)25-17/h3-4,7-10,15H,2,5-6,11-13H2,1H3,(H,21,23). The van der Waals surface area contributed by atoms with Crippen LogP contribution in [0.1, 0.15) is 41.4 Å². The Kier molecular flexibility index (Phi) is 6.00. The van der Waals surface area contributed by atoms with Crippen molar-refractivity contribution >= 4 is 17.5 Å². The number of methoxy groups -OCH3 is 1. The molecule has 0 aliphatic carbocycles. The van der Waals surface area contributed by atoms with Crippen molar-refractivity contribution in [1.29, 1.82) is 0 Å². The van der Waals surface area contributed by atoms with Gasteiger partial charge in [0.2, 0.25) is 0 Å². The molecule has 1 amide bonds. The number of piperidine rings is 1. The van der Waals surface area contributed by atoms with Gasteiger partial charge in [-0.3, -0.25) is 9.69 Å². The fraction of sp³-hybridized carbons (Fsp3) is 0.421. The summed E-state index contributed by atoms with van der Waals surface area (Å²) in [6, 6.07) is 11.2. The third kappa shape index (κ3) is 4.35. The van der Waals surface area contributed by atoms with Gasteiger partial charge in [-0.15, -0.1) is 0 Å². The van der Waals surface area contributed by atoms with Gasteiger partial charge in [0.1, 0.15) is 5.75 Å². The number of carbonyl (C=O) groups is 1. The van der Waals surface area contributed by atoms with Crippen LogP contribution in [0.2, 0.25) is 5.22 Å². The van der Waals surface area contributed by atoms with Gasteiger partial charge < -0.3 is 14.5 Å². The van der Waals surface area contributed by atoms with Gasteiger partial charge in [0.25, 0.3) is 5.91 Å². The quantitative estimate of drug-likeness (QED) is 0.846. The predicted octanol–water partition coefficient (Wildman–Crippen LogP) is 3.90. The summed E-state index contributed by atoms with van der Waals surface area (Å²) in [5.41, 5.74) is 1.09. The van der Waals surface area contributed by atoms with Crippen molar-refractivity contribution < 1.29 is 13.9 Å². The number of halogens is 1. The van der Waals surface area contributed by atoms with Crippen LogP contribution in [-0.2, 0) is 0 Å². The fourth-order valence-electron chi connectivity index (χ4n) is 3.32. The van der Waals surface area contributed by atoms with E-state index < -0.39 is 0 Å². The van der Waals surface area contributed by atoms with Crippen molar-refractivity contribution in [3.63, 3.8) is 0 Å². The lowest BCUT2D eigenvalue weighted by Crippen LogP contribution is -2.40. The van der Waals surface area contributed by atoms with Gasteiger partial charge in [-0.25, -0.2) is 0 Å². The van der Waals surface area contributed by atoms with Crippen LogP contribution < -0.4 is 10.1 Å². The van der Waals surface area contributed by atoms with Gasteiger partial charge in [-0.1, -0.05) is 24.6 Å². The molecule has 5 nitrogen and oxygen atoms in total. The molecule has 25 heavy (non-hydrogen) atoms. The monoisotopic (exact) mass is 362 g/mol. The number of benzene rings is 1. The van der Waals surface area contributed by atoms with Gasteiger partial charge >= 0.3 is 0 Å². The van der Waals surface area contributed by atoms with Crippen LogP contribution in [0, 0.1) is 0 Å². The summed E-state index contributed by atoms with van der Waals surface area (Å²) in [6.07, 6.45) is 3.60. The van der Waals surface area contributed by atoms with Crippen LogP contribution in [0.15, 0.2) is 40.8 Å². The van der Waals surface area contributed by atoms with Crippen molar-refractivity contribution in [1.82, 2.24) is 10.2 Å². The fourth-order valence-corrected chi connectivity index (χ4v) is 3.47. The number of para-hydroxylation sites is 1. The smallest absolute Gasteiger partial charge is 0.287 e. The summed E-state index contributed by atoms with van der Waals surface area (Å²) in [5.74, 6) is 0.805. The van der Waals surface area contributed by atoms with Gasteiger partial charge in [0, 0.05) is 12.1 Å². The lowest BCUT2D eigenvalue weighted by molar-refractivity contribution is 0.0896. The zero-order valence-corrected chi connectivity index (χ0v) is 15.1. The van der Waals surface area contributed by atoms with Crippen LogP contribution >= 0.6 is 11.6 Å². The van der Waals surface area contributed by atoms with Gasteiger partial charge in [-0.2, -0.15) is 0 Å². The molecule has 1 aliphatic rings. The molecule has 1 saturated heterocycles. The highest BCUT2D eigenvalue weighted by Crippen LogP contribution is 2.31. The first kappa shape index (κ1) is 17.8. The molecule has 0 saturated carbocycles. The van der Waals surface area contributed by atoms with E-state index in [0.717, 1.165) is 24.4 Å². The summed E-state index contributed by atoms with van der Waals surface area (Å²) in [6.45, 7) is 2.52. The number of hydrogen-bond acceptors (Lipinski definition) is 4. The number of nitrogens with zero attached hydrogens (tertiary/aromatic N) is 1. The molecule has 1 aromatic heterocycles. The summed E-state index contributed by atoms with van der Waals surface area (Å²) >= 11 is 5.75. The first-order valence-electron chi connectivity index (χ1n) is 8.59. The Morgan fingerprint density at radius 3 is 2.68 bits per heavy atom. The number of hydrogen-bond donors (Lipinski definition) is 1. The summed E-state index contributed by atoms with van der Waals surface area (Å²) in [7, 11) is 1.68. The molecule has 0 radical (unpaired) electrons. The molecule has 1 unspecified atom stereocenters. The predicted molar refractivity (Wildman–Crippen MR) is 97.2 cm³/mol. The molecule has 1 fully saturated rings. The highest BCUT2D eigenvalue weighted by Gasteiger charge is 2.25. The maximum atomic E-state index is 12.3. The van der Waals surface area contributed by atoms with E-state index in [1.54, 1.807) is 19.2 Å². The zero-order valence-electron chi connectivity index (χ0n) is 14.3. The molecule has 2 aromatic rings. The maximum absolute atomic E-state index is 12.3. The van der Waals surface area contributed by atoms with Gasteiger partial charge in [0.05, 0.1) is 13.2 Å². The minimum absolute atomic E-state index is 0.0610. The maximum Gasteiger partial charge on any atom is 0.287 e. The number of ether oxygens (including phenoxy) is 1. The first-order chi connectivity index (χ1) is 12.2. The highest BCUT2D eigenvalue weighted by molar-refractivity contribution is 6.29.